The van der Waals surface area contributed by atoms with Gasteiger partial charge in [-0.05, 0) is 39.2 Å². The SMILES string of the molecule is CC1CCN(C(C)C(N)C(=O)O)C(C)C1. The van der Waals surface area contributed by atoms with Gasteiger partial charge in [-0.3, -0.25) is 9.69 Å². The standard InChI is InChI=1S/C11H22N2O2/c1-7-4-5-13(8(2)6-7)9(3)10(12)11(14)15/h7-10H,4-6,12H2,1-3H3,(H,14,15). The topological polar surface area (TPSA) is 66.6 Å². The number of rotatable bonds is 3. The van der Waals surface area contributed by atoms with E-state index in [9.17, 15) is 4.79 Å². The fourth-order valence-electron chi connectivity index (χ4n) is 2.44. The van der Waals surface area contributed by atoms with Gasteiger partial charge >= 0.3 is 5.97 Å². The molecular weight excluding hydrogens is 192 g/mol. The number of carbonyl (C=O) groups is 1. The summed E-state index contributed by atoms with van der Waals surface area (Å²) in [4.78, 5) is 13.0. The highest BCUT2D eigenvalue weighted by molar-refractivity contribution is 5.74. The molecule has 0 radical (unpaired) electrons. The molecule has 4 nitrogen and oxygen atoms in total. The first-order valence-electron chi connectivity index (χ1n) is 5.67. The Morgan fingerprint density at radius 3 is 2.60 bits per heavy atom. The summed E-state index contributed by atoms with van der Waals surface area (Å²) in [6.45, 7) is 7.27. The Bertz CT molecular complexity index is 233. The third-order valence-electron chi connectivity index (χ3n) is 3.52. The largest absolute Gasteiger partial charge is 0.480 e. The highest BCUT2D eigenvalue weighted by atomic mass is 16.4. The van der Waals surface area contributed by atoms with E-state index in [1.54, 1.807) is 0 Å². The second-order valence-electron chi connectivity index (χ2n) is 4.82. The summed E-state index contributed by atoms with van der Waals surface area (Å²) in [6.07, 6.45) is 2.28. The maximum atomic E-state index is 10.8. The highest BCUT2D eigenvalue weighted by Crippen LogP contribution is 2.24. The Balaban J connectivity index is 2.59. The zero-order chi connectivity index (χ0) is 11.6. The lowest BCUT2D eigenvalue weighted by Crippen LogP contribution is -2.55. The molecular formula is C11H22N2O2. The molecule has 1 saturated heterocycles. The summed E-state index contributed by atoms with van der Waals surface area (Å²) in [5, 5.41) is 8.87. The molecule has 0 saturated carbocycles. The minimum atomic E-state index is -0.909. The molecule has 1 aliphatic rings. The van der Waals surface area contributed by atoms with Gasteiger partial charge < -0.3 is 10.8 Å². The van der Waals surface area contributed by atoms with E-state index in [0.717, 1.165) is 25.3 Å². The van der Waals surface area contributed by atoms with Gasteiger partial charge in [0, 0.05) is 12.1 Å². The summed E-state index contributed by atoms with van der Waals surface area (Å²) in [5.41, 5.74) is 5.65. The van der Waals surface area contributed by atoms with Crippen LogP contribution in [0, 0.1) is 5.92 Å². The summed E-state index contributed by atoms with van der Waals surface area (Å²) in [7, 11) is 0. The second-order valence-corrected chi connectivity index (χ2v) is 4.82. The minimum Gasteiger partial charge on any atom is -0.480 e. The molecule has 3 N–H and O–H groups in total. The molecule has 0 aliphatic carbocycles. The Kier molecular flexibility index (Phi) is 4.11. The molecule has 1 heterocycles. The van der Waals surface area contributed by atoms with Crippen molar-refractivity contribution in [3.8, 4) is 0 Å². The van der Waals surface area contributed by atoms with Crippen LogP contribution < -0.4 is 5.73 Å². The first kappa shape index (κ1) is 12.5. The smallest absolute Gasteiger partial charge is 0.322 e. The average molecular weight is 214 g/mol. The summed E-state index contributed by atoms with van der Waals surface area (Å²) in [5.74, 6) is -0.169. The third-order valence-corrected chi connectivity index (χ3v) is 3.52. The van der Waals surface area contributed by atoms with Crippen molar-refractivity contribution in [3.63, 3.8) is 0 Å². The first-order valence-corrected chi connectivity index (χ1v) is 5.67. The van der Waals surface area contributed by atoms with E-state index in [-0.39, 0.29) is 6.04 Å². The van der Waals surface area contributed by atoms with Gasteiger partial charge in [0.25, 0.3) is 0 Å². The molecule has 1 rings (SSSR count). The number of nitrogens with two attached hydrogens (primary N) is 1. The fraction of sp³-hybridized carbons (Fsp3) is 0.909. The van der Waals surface area contributed by atoms with Gasteiger partial charge in [0.2, 0.25) is 0 Å². The molecule has 0 aromatic rings. The number of carboxylic acids is 1. The minimum absolute atomic E-state index is 0.0787. The Morgan fingerprint density at radius 2 is 2.13 bits per heavy atom. The van der Waals surface area contributed by atoms with Gasteiger partial charge in [-0.25, -0.2) is 0 Å². The lowest BCUT2D eigenvalue weighted by Gasteiger charge is -2.41. The van der Waals surface area contributed by atoms with E-state index >= 15 is 0 Å². The van der Waals surface area contributed by atoms with Crippen molar-refractivity contribution < 1.29 is 9.90 Å². The van der Waals surface area contributed by atoms with Crippen molar-refractivity contribution in [1.82, 2.24) is 4.90 Å². The lowest BCUT2D eigenvalue weighted by molar-refractivity contribution is -0.140. The van der Waals surface area contributed by atoms with Gasteiger partial charge in [0.15, 0.2) is 0 Å². The Morgan fingerprint density at radius 1 is 1.53 bits per heavy atom. The second kappa shape index (κ2) is 4.94. The van der Waals surface area contributed by atoms with E-state index in [2.05, 4.69) is 18.7 Å². The average Bonchev–Trinajstić information content (AvgIpc) is 2.15. The summed E-state index contributed by atoms with van der Waals surface area (Å²) in [6, 6.07) is -0.417. The van der Waals surface area contributed by atoms with Crippen LogP contribution in [-0.2, 0) is 4.79 Å². The van der Waals surface area contributed by atoms with Crippen molar-refractivity contribution >= 4 is 5.97 Å². The predicted octanol–water partition coefficient (Wildman–Crippen LogP) is 0.907. The van der Waals surface area contributed by atoms with Gasteiger partial charge in [-0.2, -0.15) is 0 Å². The molecule has 15 heavy (non-hydrogen) atoms. The molecule has 4 unspecified atom stereocenters. The van der Waals surface area contributed by atoms with Crippen LogP contribution in [0.1, 0.15) is 33.6 Å². The zero-order valence-corrected chi connectivity index (χ0v) is 9.81. The molecule has 88 valence electrons. The van der Waals surface area contributed by atoms with Gasteiger partial charge in [0.05, 0.1) is 0 Å². The fourth-order valence-corrected chi connectivity index (χ4v) is 2.44. The van der Waals surface area contributed by atoms with Gasteiger partial charge in [0.1, 0.15) is 6.04 Å². The van der Waals surface area contributed by atoms with Crippen molar-refractivity contribution in [2.24, 2.45) is 11.7 Å². The molecule has 0 bridgehead atoms. The number of hydrogen-bond donors (Lipinski definition) is 2. The number of carboxylic acid groups (broad SMARTS) is 1. The molecule has 0 aromatic heterocycles. The Labute approximate surface area is 91.4 Å². The van der Waals surface area contributed by atoms with Gasteiger partial charge in [-0.15, -0.1) is 0 Å². The molecule has 0 aromatic carbocycles. The van der Waals surface area contributed by atoms with E-state index in [1.165, 1.54) is 0 Å². The maximum Gasteiger partial charge on any atom is 0.322 e. The van der Waals surface area contributed by atoms with E-state index < -0.39 is 12.0 Å². The first-order chi connectivity index (χ1) is 6.93. The van der Waals surface area contributed by atoms with Crippen LogP contribution in [0.25, 0.3) is 0 Å². The summed E-state index contributed by atoms with van der Waals surface area (Å²) < 4.78 is 0. The van der Waals surface area contributed by atoms with Crippen LogP contribution in [0.15, 0.2) is 0 Å². The Hall–Kier alpha value is -0.610. The molecule has 1 fully saturated rings. The number of aliphatic carboxylic acids is 1. The number of hydrogen-bond acceptors (Lipinski definition) is 3. The van der Waals surface area contributed by atoms with Crippen LogP contribution in [-0.4, -0.2) is 40.6 Å². The van der Waals surface area contributed by atoms with Crippen molar-refractivity contribution in [2.75, 3.05) is 6.54 Å². The normalized spacial score (nSPS) is 32.3. The van der Waals surface area contributed by atoms with E-state index in [1.807, 2.05) is 6.92 Å². The predicted molar refractivity (Wildman–Crippen MR) is 59.6 cm³/mol. The van der Waals surface area contributed by atoms with Crippen LogP contribution in [0.4, 0.5) is 0 Å². The van der Waals surface area contributed by atoms with Crippen LogP contribution in [0.5, 0.6) is 0 Å². The molecule has 4 atom stereocenters. The molecule has 1 aliphatic heterocycles. The zero-order valence-electron chi connectivity index (χ0n) is 9.81. The molecule has 0 spiro atoms. The maximum absolute atomic E-state index is 10.8. The number of nitrogens with zero attached hydrogens (tertiary/aromatic N) is 1. The van der Waals surface area contributed by atoms with Crippen LogP contribution in [0.2, 0.25) is 0 Å². The number of likely N-dealkylation sites (tertiary alicyclic amines) is 1. The van der Waals surface area contributed by atoms with Crippen LogP contribution in [0.3, 0.4) is 0 Å². The molecule has 4 heteroatoms. The van der Waals surface area contributed by atoms with Crippen molar-refractivity contribution in [3.05, 3.63) is 0 Å². The van der Waals surface area contributed by atoms with E-state index in [4.69, 9.17) is 10.8 Å². The number of piperidine rings is 1. The van der Waals surface area contributed by atoms with Crippen molar-refractivity contribution in [1.29, 1.82) is 0 Å². The van der Waals surface area contributed by atoms with Crippen molar-refractivity contribution in [2.45, 2.75) is 51.7 Å². The summed E-state index contributed by atoms with van der Waals surface area (Å²) >= 11 is 0. The van der Waals surface area contributed by atoms with Gasteiger partial charge in [-0.1, -0.05) is 6.92 Å². The quantitative estimate of drug-likeness (QED) is 0.732. The highest BCUT2D eigenvalue weighted by Gasteiger charge is 2.32. The van der Waals surface area contributed by atoms with Crippen LogP contribution >= 0.6 is 0 Å². The van der Waals surface area contributed by atoms with E-state index in [0.29, 0.717) is 6.04 Å². The monoisotopic (exact) mass is 214 g/mol. The molecule has 0 amide bonds. The lowest BCUT2D eigenvalue weighted by atomic mass is 9.91. The third kappa shape index (κ3) is 2.92.